The number of nitrogens with one attached hydrogen (secondary N) is 2. The SMILES string of the molecule is CC.CCCCC(CC)COC(O)C1=CCC=C2NC(N=Nc3cc(C)c(N(CC)CC(CC)CCCC)cc3NC(C)=O)SC2=C1. The van der Waals surface area contributed by atoms with Crippen LogP contribution in [0.4, 0.5) is 17.1 Å². The van der Waals surface area contributed by atoms with E-state index in [9.17, 15) is 9.90 Å². The van der Waals surface area contributed by atoms with Gasteiger partial charge in [-0.15, -0.1) is 0 Å². The van der Waals surface area contributed by atoms with Crippen LogP contribution in [-0.2, 0) is 9.53 Å². The van der Waals surface area contributed by atoms with Crippen molar-refractivity contribution >= 4 is 34.7 Å². The van der Waals surface area contributed by atoms with Crippen molar-refractivity contribution in [3.05, 3.63) is 52.1 Å². The number of aryl methyl sites for hydroxylation is 1. The number of carbonyl (C=O) groups excluding carboxylic acids is 1. The number of aliphatic hydroxyl groups is 1. The van der Waals surface area contributed by atoms with Crippen LogP contribution in [0.2, 0.25) is 0 Å². The van der Waals surface area contributed by atoms with Crippen molar-refractivity contribution < 1.29 is 14.6 Å². The molecule has 9 heteroatoms. The third-order valence-corrected chi connectivity index (χ3v) is 9.74. The first-order valence-corrected chi connectivity index (χ1v) is 19.0. The van der Waals surface area contributed by atoms with E-state index in [0.717, 1.165) is 59.8 Å². The fourth-order valence-electron chi connectivity index (χ4n) is 5.79. The summed E-state index contributed by atoms with van der Waals surface area (Å²) in [5, 5.41) is 26.5. The number of unbranched alkanes of at least 4 members (excludes halogenated alkanes) is 2. The molecule has 4 unspecified atom stereocenters. The Balaban J connectivity index is 0.00000376. The number of anilines is 2. The molecule has 4 atom stereocenters. The van der Waals surface area contributed by atoms with E-state index in [1.165, 1.54) is 39.0 Å². The second kappa shape index (κ2) is 22.1. The van der Waals surface area contributed by atoms with Crippen molar-refractivity contribution in [2.24, 2.45) is 22.1 Å². The zero-order valence-corrected chi connectivity index (χ0v) is 31.5. The molecule has 0 spiro atoms. The van der Waals surface area contributed by atoms with E-state index in [1.54, 1.807) is 11.8 Å². The second-order valence-corrected chi connectivity index (χ2v) is 13.4. The molecule has 3 rings (SSSR count). The molecule has 1 aromatic carbocycles. The summed E-state index contributed by atoms with van der Waals surface area (Å²) >= 11 is 1.56. The molecule has 0 saturated carbocycles. The Hall–Kier alpha value is -2.62. The fraction of sp³-hybridized carbons (Fsp3) is 0.658. The summed E-state index contributed by atoms with van der Waals surface area (Å²) in [4.78, 5) is 15.6. The third-order valence-electron chi connectivity index (χ3n) is 8.71. The minimum atomic E-state index is -0.953. The highest BCUT2D eigenvalue weighted by atomic mass is 32.2. The first kappa shape index (κ1) is 40.6. The normalized spacial score (nSPS) is 17.7. The Kier molecular flexibility index (Phi) is 19.1. The molecule has 1 aromatic rings. The van der Waals surface area contributed by atoms with Crippen molar-refractivity contribution in [2.45, 2.75) is 132 Å². The molecule has 1 aliphatic carbocycles. The van der Waals surface area contributed by atoms with Crippen LogP contribution in [0.5, 0.6) is 0 Å². The summed E-state index contributed by atoms with van der Waals surface area (Å²) in [6.07, 6.45) is 15.2. The molecular formula is C38H63N5O3S. The Bertz CT molecular complexity index is 1230. The number of carbonyl (C=O) groups is 1. The van der Waals surface area contributed by atoms with Gasteiger partial charge in [0, 0.05) is 41.9 Å². The minimum absolute atomic E-state index is 0.139. The summed E-state index contributed by atoms with van der Waals surface area (Å²) in [5.41, 5.74) is 4.96. The largest absolute Gasteiger partial charge is 0.371 e. The average Bonchev–Trinajstić information content (AvgIpc) is 3.35. The third kappa shape index (κ3) is 13.1. The number of ether oxygens (including phenoxy) is 1. The van der Waals surface area contributed by atoms with Crippen LogP contribution in [0.15, 0.2) is 56.8 Å². The molecule has 3 N–H and O–H groups in total. The van der Waals surface area contributed by atoms with Crippen LogP contribution < -0.4 is 15.5 Å². The fourth-order valence-corrected chi connectivity index (χ4v) is 6.79. The van der Waals surface area contributed by atoms with Crippen LogP contribution in [0.25, 0.3) is 0 Å². The standard InChI is InChI=1S/C36H57N5O3S.C2H6/c1-8-13-16-27(10-3)23-41(12-5)33-22-31(37-26(7)42)32(20-25(33)6)39-40-36-38-30-19-15-18-29(21-34(30)45-36)35(43)44-24-28(11-4)17-14-9-2;1-2/h18-22,27-28,35-36,38,43H,8-17,23-24H2,1-7H3,(H,37,42);1-2H3. The van der Waals surface area contributed by atoms with Gasteiger partial charge in [-0.2, -0.15) is 10.2 Å². The lowest BCUT2D eigenvalue weighted by molar-refractivity contribution is -0.114. The van der Waals surface area contributed by atoms with E-state index in [1.807, 2.05) is 32.1 Å². The number of hydrogen-bond donors (Lipinski definition) is 3. The average molecular weight is 670 g/mol. The Morgan fingerprint density at radius 1 is 1.09 bits per heavy atom. The number of amides is 1. The van der Waals surface area contributed by atoms with E-state index >= 15 is 0 Å². The lowest BCUT2D eigenvalue weighted by Gasteiger charge is -2.30. The van der Waals surface area contributed by atoms with Crippen LogP contribution in [0.3, 0.4) is 0 Å². The summed E-state index contributed by atoms with van der Waals surface area (Å²) in [6.45, 7) is 21.2. The summed E-state index contributed by atoms with van der Waals surface area (Å²) in [7, 11) is 0. The first-order valence-electron chi connectivity index (χ1n) is 18.2. The summed E-state index contributed by atoms with van der Waals surface area (Å²) < 4.78 is 5.91. The highest BCUT2D eigenvalue weighted by Gasteiger charge is 2.27. The van der Waals surface area contributed by atoms with Gasteiger partial charge in [0.15, 0.2) is 11.8 Å². The number of fused-ring (bicyclic) bond motifs is 1. The zero-order valence-electron chi connectivity index (χ0n) is 30.7. The van der Waals surface area contributed by atoms with Crippen molar-refractivity contribution in [3.63, 3.8) is 0 Å². The molecule has 1 amide bonds. The molecule has 1 heterocycles. The second-order valence-electron chi connectivity index (χ2n) is 12.3. The molecule has 0 aromatic heterocycles. The lowest BCUT2D eigenvalue weighted by Crippen LogP contribution is -2.30. The van der Waals surface area contributed by atoms with Gasteiger partial charge in [0.1, 0.15) is 5.69 Å². The topological polar surface area (TPSA) is 98.6 Å². The summed E-state index contributed by atoms with van der Waals surface area (Å²) in [6, 6.07) is 4.07. The number of nitrogens with zero attached hydrogens (tertiary/aromatic N) is 3. The highest BCUT2D eigenvalue weighted by molar-refractivity contribution is 8.04. The predicted molar refractivity (Wildman–Crippen MR) is 201 cm³/mol. The van der Waals surface area contributed by atoms with Gasteiger partial charge in [-0.1, -0.05) is 104 Å². The van der Waals surface area contributed by atoms with E-state index in [4.69, 9.17) is 4.74 Å². The van der Waals surface area contributed by atoms with Gasteiger partial charge in [-0.25, -0.2) is 0 Å². The monoisotopic (exact) mass is 669 g/mol. The minimum Gasteiger partial charge on any atom is -0.371 e. The van der Waals surface area contributed by atoms with Crippen molar-refractivity contribution in [1.29, 1.82) is 0 Å². The van der Waals surface area contributed by atoms with Gasteiger partial charge >= 0.3 is 0 Å². The Morgan fingerprint density at radius 3 is 2.38 bits per heavy atom. The molecule has 47 heavy (non-hydrogen) atoms. The molecule has 0 bridgehead atoms. The maximum atomic E-state index is 12.2. The quantitative estimate of drug-likeness (QED) is 0.100. The number of rotatable bonds is 19. The van der Waals surface area contributed by atoms with Gasteiger partial charge in [0.25, 0.3) is 0 Å². The van der Waals surface area contributed by atoms with E-state index in [0.29, 0.717) is 36.2 Å². The van der Waals surface area contributed by atoms with Gasteiger partial charge in [0.05, 0.1) is 12.3 Å². The summed E-state index contributed by atoms with van der Waals surface area (Å²) in [5.74, 6) is 0.959. The van der Waals surface area contributed by atoms with Crippen LogP contribution in [0.1, 0.15) is 119 Å². The van der Waals surface area contributed by atoms with Gasteiger partial charge < -0.3 is 25.4 Å². The Morgan fingerprint density at radius 2 is 1.77 bits per heavy atom. The van der Waals surface area contributed by atoms with Crippen LogP contribution >= 0.6 is 11.8 Å². The van der Waals surface area contributed by atoms with Gasteiger partial charge in [-0.3, -0.25) is 4.79 Å². The van der Waals surface area contributed by atoms with Crippen LogP contribution in [0, 0.1) is 18.8 Å². The number of thioether (sulfide) groups is 1. The molecule has 1 saturated heterocycles. The first-order chi connectivity index (χ1) is 22.7. The molecule has 1 aliphatic heterocycles. The smallest absolute Gasteiger partial charge is 0.221 e. The van der Waals surface area contributed by atoms with E-state index in [2.05, 4.69) is 79.4 Å². The zero-order chi connectivity index (χ0) is 34.8. The van der Waals surface area contributed by atoms with Crippen molar-refractivity contribution in [1.82, 2.24) is 5.32 Å². The van der Waals surface area contributed by atoms with Crippen LogP contribution in [-0.4, -0.2) is 42.5 Å². The van der Waals surface area contributed by atoms with Crippen molar-refractivity contribution in [3.8, 4) is 0 Å². The molecule has 2 aliphatic rings. The number of azo groups is 1. The molecule has 8 nitrogen and oxygen atoms in total. The number of benzene rings is 1. The number of allylic oxidation sites excluding steroid dienone is 2. The maximum Gasteiger partial charge on any atom is 0.221 e. The predicted octanol–water partition coefficient (Wildman–Crippen LogP) is 10.4. The highest BCUT2D eigenvalue weighted by Crippen LogP contribution is 2.40. The van der Waals surface area contributed by atoms with E-state index in [-0.39, 0.29) is 11.4 Å². The molecular weight excluding hydrogens is 607 g/mol. The lowest BCUT2D eigenvalue weighted by atomic mass is 9.98. The maximum absolute atomic E-state index is 12.2. The Labute approximate surface area is 290 Å². The number of hydrogen-bond acceptors (Lipinski definition) is 8. The molecule has 264 valence electrons. The van der Waals surface area contributed by atoms with Crippen molar-refractivity contribution in [2.75, 3.05) is 29.9 Å². The molecule has 0 radical (unpaired) electrons. The van der Waals surface area contributed by atoms with E-state index < -0.39 is 6.29 Å². The molecule has 1 fully saturated rings. The van der Waals surface area contributed by atoms with Gasteiger partial charge in [-0.05, 0) is 68.7 Å². The van der Waals surface area contributed by atoms with Gasteiger partial charge in [0.2, 0.25) is 5.91 Å². The number of aliphatic hydroxyl groups excluding tert-OH is 1.